The van der Waals surface area contributed by atoms with Gasteiger partial charge in [-0.3, -0.25) is 0 Å². The summed E-state index contributed by atoms with van der Waals surface area (Å²) in [5.41, 5.74) is 0.593. The first kappa shape index (κ1) is 13.9. The molecular weight excluding hydrogens is 281 g/mol. The van der Waals surface area contributed by atoms with Crippen molar-refractivity contribution < 1.29 is 9.53 Å². The number of benzene rings is 1. The summed E-state index contributed by atoms with van der Waals surface area (Å²) >= 11 is 2.87. The van der Waals surface area contributed by atoms with Crippen molar-refractivity contribution in [2.24, 2.45) is 0 Å². The Hall–Kier alpha value is -1.12. The number of carbonyl (C=O) groups is 1. The van der Waals surface area contributed by atoms with E-state index in [4.69, 9.17) is 4.74 Å². The molecule has 0 aromatic heterocycles. The summed E-state index contributed by atoms with van der Waals surface area (Å²) in [7, 11) is 1.57. The predicted octanol–water partition coefficient (Wildman–Crippen LogP) is 1.52. The van der Waals surface area contributed by atoms with Gasteiger partial charge < -0.3 is 0 Å². The molecule has 1 aromatic rings. The van der Waals surface area contributed by atoms with Crippen LogP contribution in [0.15, 0.2) is 24.3 Å². The fourth-order valence-corrected chi connectivity index (χ4v) is 2.37. The molecule has 0 spiro atoms. The van der Waals surface area contributed by atoms with Gasteiger partial charge in [0, 0.05) is 0 Å². The van der Waals surface area contributed by atoms with Gasteiger partial charge >= 0.3 is 110 Å². The number of methoxy groups -OCH3 is 1. The van der Waals surface area contributed by atoms with Crippen LogP contribution < -0.4 is 4.74 Å². The van der Waals surface area contributed by atoms with Crippen molar-refractivity contribution in [2.45, 2.75) is 13.8 Å². The molecule has 0 radical (unpaired) electrons. The second-order valence-electron chi connectivity index (χ2n) is 3.51. The van der Waals surface area contributed by atoms with E-state index in [0.717, 1.165) is 13.1 Å². The Kier molecular flexibility index (Phi) is 5.39. The zero-order valence-corrected chi connectivity index (χ0v) is 12.1. The number of rotatable bonds is 6. The van der Waals surface area contributed by atoms with Crippen LogP contribution in [0, 0.1) is 0 Å². The molecular formula is C13H17NO2Se. The van der Waals surface area contributed by atoms with Crippen LogP contribution in [0.2, 0.25) is 0 Å². The summed E-state index contributed by atoms with van der Waals surface area (Å²) in [6.07, 6.45) is 0. The maximum absolute atomic E-state index is 12.3. The predicted molar refractivity (Wildman–Crippen MR) is 71.0 cm³/mol. The molecule has 0 amide bonds. The van der Waals surface area contributed by atoms with Gasteiger partial charge in [0.15, 0.2) is 0 Å². The number of para-hydroxylation sites is 1. The van der Waals surface area contributed by atoms with Gasteiger partial charge in [0.2, 0.25) is 0 Å². The number of likely N-dealkylation sites (N-methyl/N-ethyl adjacent to an activating group) is 1. The molecule has 0 aliphatic carbocycles. The number of Topliss-reactive ketones (excluding diaryl/α,β-unsaturated/α-hetero) is 1. The Labute approximate surface area is 110 Å². The Balaban J connectivity index is 3.00. The van der Waals surface area contributed by atoms with Crippen molar-refractivity contribution >= 4 is 25.9 Å². The zero-order chi connectivity index (χ0) is 12.8. The molecule has 92 valence electrons. The van der Waals surface area contributed by atoms with E-state index in [-0.39, 0.29) is 5.78 Å². The first-order valence-corrected chi connectivity index (χ1v) is 6.47. The minimum absolute atomic E-state index is 0.0221. The molecule has 3 nitrogen and oxygen atoms in total. The van der Waals surface area contributed by atoms with Gasteiger partial charge in [-0.25, -0.2) is 0 Å². The van der Waals surface area contributed by atoms with E-state index in [2.05, 4.69) is 15.6 Å². The van der Waals surface area contributed by atoms with Gasteiger partial charge in [-0.05, 0) is 0 Å². The van der Waals surface area contributed by atoms with Gasteiger partial charge in [-0.15, -0.1) is 0 Å². The molecule has 0 unspecified atom stereocenters. The third-order valence-corrected chi connectivity index (χ3v) is 3.53. The van der Waals surface area contributed by atoms with Crippen LogP contribution in [0.3, 0.4) is 0 Å². The summed E-state index contributed by atoms with van der Waals surface area (Å²) in [6, 6.07) is 7.27. The van der Waals surface area contributed by atoms with Crippen LogP contribution in [-0.4, -0.2) is 51.0 Å². The van der Waals surface area contributed by atoms with Crippen LogP contribution in [0.4, 0.5) is 0 Å². The van der Waals surface area contributed by atoms with E-state index in [0.29, 0.717) is 15.9 Å². The fraction of sp³-hybridized carbons (Fsp3) is 0.385. The van der Waals surface area contributed by atoms with E-state index >= 15 is 0 Å². The topological polar surface area (TPSA) is 29.5 Å². The van der Waals surface area contributed by atoms with Crippen LogP contribution in [-0.2, 0) is 0 Å². The zero-order valence-electron chi connectivity index (χ0n) is 10.4. The Morgan fingerprint density at radius 1 is 1.29 bits per heavy atom. The molecule has 1 rings (SSSR count). The molecule has 4 heteroatoms. The summed E-state index contributed by atoms with van der Waals surface area (Å²) < 4.78 is 5.84. The van der Waals surface area contributed by atoms with Crippen LogP contribution in [0.1, 0.15) is 24.2 Å². The normalized spacial score (nSPS) is 9.82. The molecule has 0 saturated carbocycles. The number of ketones is 1. The van der Waals surface area contributed by atoms with Gasteiger partial charge in [-0.2, -0.15) is 0 Å². The number of nitrogens with zero attached hydrogens (tertiary/aromatic N) is 1. The second kappa shape index (κ2) is 6.57. The van der Waals surface area contributed by atoms with Crippen molar-refractivity contribution in [1.82, 2.24) is 4.90 Å². The van der Waals surface area contributed by atoms with E-state index in [9.17, 15) is 4.79 Å². The monoisotopic (exact) mass is 299 g/mol. The van der Waals surface area contributed by atoms with Crippen LogP contribution in [0.25, 0.3) is 0 Å². The van der Waals surface area contributed by atoms with Gasteiger partial charge in [0.25, 0.3) is 0 Å². The van der Waals surface area contributed by atoms with Gasteiger partial charge in [-0.1, -0.05) is 0 Å². The quantitative estimate of drug-likeness (QED) is 0.589. The average molecular weight is 298 g/mol. The molecule has 1 aromatic carbocycles. The maximum atomic E-state index is 12.3. The first-order valence-electron chi connectivity index (χ1n) is 5.62. The Morgan fingerprint density at radius 2 is 1.88 bits per heavy atom. The summed E-state index contributed by atoms with van der Waals surface area (Å²) in [5, 5.41) is 0. The Bertz CT molecular complexity index is 414. The molecule has 0 heterocycles. The Morgan fingerprint density at radius 3 is 2.41 bits per heavy atom. The summed E-state index contributed by atoms with van der Waals surface area (Å²) in [5.74, 6) is 0.587. The number of carbonyl (C=O) groups excluding carboxylic acids is 1. The van der Waals surface area contributed by atoms with Crippen LogP contribution >= 0.6 is 0 Å². The second-order valence-corrected chi connectivity index (χ2v) is 4.32. The molecule has 0 saturated heterocycles. The molecule has 0 bridgehead atoms. The molecule has 0 fully saturated rings. The van der Waals surface area contributed by atoms with E-state index in [1.807, 2.05) is 30.9 Å². The van der Waals surface area contributed by atoms with E-state index in [1.165, 1.54) is 0 Å². The van der Waals surface area contributed by atoms with Crippen molar-refractivity contribution in [3.63, 3.8) is 0 Å². The molecule has 17 heavy (non-hydrogen) atoms. The van der Waals surface area contributed by atoms with E-state index < -0.39 is 0 Å². The minimum atomic E-state index is -0.0221. The van der Waals surface area contributed by atoms with E-state index in [1.54, 1.807) is 19.2 Å². The van der Waals surface area contributed by atoms with Crippen molar-refractivity contribution in [3.05, 3.63) is 29.8 Å². The third-order valence-electron chi connectivity index (χ3n) is 2.60. The number of hydrogen-bond acceptors (Lipinski definition) is 3. The number of ether oxygens (including phenoxy) is 1. The van der Waals surface area contributed by atoms with Crippen LogP contribution in [0.5, 0.6) is 5.75 Å². The van der Waals surface area contributed by atoms with Crippen molar-refractivity contribution in [3.8, 4) is 5.75 Å². The third kappa shape index (κ3) is 3.18. The molecule has 0 atom stereocenters. The molecule has 0 aliphatic heterocycles. The summed E-state index contributed by atoms with van der Waals surface area (Å²) in [4.78, 5) is 14.3. The van der Waals surface area contributed by atoms with Crippen molar-refractivity contribution in [2.75, 3.05) is 20.2 Å². The average Bonchev–Trinajstić information content (AvgIpc) is 2.39. The molecule has 0 N–H and O–H groups in total. The molecule has 0 aliphatic rings. The van der Waals surface area contributed by atoms with Crippen molar-refractivity contribution in [1.29, 1.82) is 0 Å². The number of hydrogen-bond donors (Lipinski definition) is 0. The first-order chi connectivity index (χ1) is 8.15. The standard InChI is InChI=1S/C13H17NO2Se/c1-4-14(5-2)13(17)12(15)10-8-6-7-9-11(10)16-3/h6-9H,4-5H2,1-3H3. The SMILES string of the molecule is CCN(CC)C(=[Se])C(=O)c1ccccc1OC. The van der Waals surface area contributed by atoms with Gasteiger partial charge in [0.05, 0.1) is 0 Å². The van der Waals surface area contributed by atoms with Gasteiger partial charge in [0.1, 0.15) is 0 Å². The summed E-state index contributed by atoms with van der Waals surface area (Å²) in [6.45, 7) is 5.66. The fourth-order valence-electron chi connectivity index (χ4n) is 1.60.